The molecule has 0 N–H and O–H groups in total. The highest BCUT2D eigenvalue weighted by Gasteiger charge is 2.29. The Bertz CT molecular complexity index is 502. The van der Waals surface area contributed by atoms with Crippen LogP contribution in [0.1, 0.15) is 52.0 Å². The predicted octanol–water partition coefficient (Wildman–Crippen LogP) is 4.88. The minimum atomic E-state index is -0.432. The summed E-state index contributed by atoms with van der Waals surface area (Å²) in [6.45, 7) is 6.55. The van der Waals surface area contributed by atoms with Gasteiger partial charge in [-0.25, -0.2) is 4.79 Å². The third-order valence-electron chi connectivity index (χ3n) is 3.77. The van der Waals surface area contributed by atoms with E-state index in [-0.39, 0.29) is 12.1 Å². The molecule has 0 bridgehead atoms. The zero-order valence-corrected chi connectivity index (χ0v) is 13.9. The van der Waals surface area contributed by atoms with Gasteiger partial charge in [0.15, 0.2) is 0 Å². The molecule has 3 heteroatoms. The van der Waals surface area contributed by atoms with E-state index in [1.165, 1.54) is 12.0 Å². The first kappa shape index (κ1) is 16.6. The van der Waals surface area contributed by atoms with Crippen LogP contribution in [0.4, 0.5) is 4.79 Å². The van der Waals surface area contributed by atoms with Crippen molar-refractivity contribution in [2.45, 2.75) is 58.1 Å². The Kier molecular flexibility index (Phi) is 5.64. The molecule has 22 heavy (non-hydrogen) atoms. The monoisotopic (exact) mass is 301 g/mol. The maximum atomic E-state index is 12.3. The van der Waals surface area contributed by atoms with Gasteiger partial charge in [0.1, 0.15) is 5.60 Å². The number of carbonyl (C=O) groups is 1. The summed E-state index contributed by atoms with van der Waals surface area (Å²) in [6, 6.07) is 10.5. The van der Waals surface area contributed by atoms with Crippen LogP contribution < -0.4 is 0 Å². The van der Waals surface area contributed by atoms with Crippen molar-refractivity contribution < 1.29 is 9.53 Å². The van der Waals surface area contributed by atoms with Crippen LogP contribution in [0.25, 0.3) is 6.08 Å². The molecular formula is C19H27NO2. The number of piperidine rings is 1. The first-order valence-electron chi connectivity index (χ1n) is 8.17. The molecule has 1 aromatic rings. The predicted molar refractivity (Wildman–Crippen MR) is 90.7 cm³/mol. The van der Waals surface area contributed by atoms with Crippen molar-refractivity contribution in [1.29, 1.82) is 0 Å². The van der Waals surface area contributed by atoms with Crippen LogP contribution in [0.2, 0.25) is 0 Å². The summed E-state index contributed by atoms with van der Waals surface area (Å²) in [6.07, 6.45) is 8.31. The van der Waals surface area contributed by atoms with Crippen LogP contribution in [0.15, 0.2) is 36.4 Å². The van der Waals surface area contributed by atoms with Gasteiger partial charge in [-0.2, -0.15) is 0 Å². The average Bonchev–Trinajstić information content (AvgIpc) is 2.47. The highest BCUT2D eigenvalue weighted by Crippen LogP contribution is 2.23. The van der Waals surface area contributed by atoms with Gasteiger partial charge in [-0.15, -0.1) is 0 Å². The number of likely N-dealkylation sites (tertiary alicyclic amines) is 1. The lowest BCUT2D eigenvalue weighted by molar-refractivity contribution is 0.0103. The third kappa shape index (κ3) is 5.21. The second-order valence-electron chi connectivity index (χ2n) is 6.87. The average molecular weight is 301 g/mol. The zero-order valence-electron chi connectivity index (χ0n) is 13.9. The smallest absolute Gasteiger partial charge is 0.410 e. The second kappa shape index (κ2) is 7.48. The van der Waals surface area contributed by atoms with Gasteiger partial charge in [-0.05, 0) is 52.0 Å². The van der Waals surface area contributed by atoms with Gasteiger partial charge in [0.25, 0.3) is 0 Å². The SMILES string of the molecule is CC(C)(C)OC(=O)N1CCCCC1CC=Cc1ccccc1. The van der Waals surface area contributed by atoms with Crippen LogP contribution in [-0.2, 0) is 4.74 Å². The Morgan fingerprint density at radius 3 is 2.68 bits per heavy atom. The first-order valence-corrected chi connectivity index (χ1v) is 8.17. The van der Waals surface area contributed by atoms with E-state index in [4.69, 9.17) is 4.74 Å². The summed E-state index contributed by atoms with van der Waals surface area (Å²) in [7, 11) is 0. The molecule has 1 fully saturated rings. The lowest BCUT2D eigenvalue weighted by atomic mass is 9.99. The molecule has 1 amide bonds. The standard InChI is InChI=1S/C19H27NO2/c1-19(2,3)22-18(21)20-15-8-7-13-17(20)14-9-12-16-10-5-4-6-11-16/h4-6,9-12,17H,7-8,13-15H2,1-3H3. The molecule has 1 heterocycles. The summed E-state index contributed by atoms with van der Waals surface area (Å²) in [4.78, 5) is 14.2. The Labute approximate surface area is 134 Å². The molecule has 1 atom stereocenters. The van der Waals surface area contributed by atoms with Gasteiger partial charge in [-0.3, -0.25) is 0 Å². The van der Waals surface area contributed by atoms with E-state index in [1.54, 1.807) is 0 Å². The molecule has 1 saturated heterocycles. The molecule has 2 rings (SSSR count). The van der Waals surface area contributed by atoms with E-state index in [2.05, 4.69) is 24.3 Å². The van der Waals surface area contributed by atoms with Gasteiger partial charge in [0.2, 0.25) is 0 Å². The fourth-order valence-electron chi connectivity index (χ4n) is 2.73. The Hall–Kier alpha value is -1.77. The summed E-state index contributed by atoms with van der Waals surface area (Å²) in [5.41, 5.74) is 0.765. The maximum Gasteiger partial charge on any atom is 0.410 e. The van der Waals surface area contributed by atoms with Gasteiger partial charge >= 0.3 is 6.09 Å². The minimum absolute atomic E-state index is 0.176. The molecular weight excluding hydrogens is 274 g/mol. The van der Waals surface area contributed by atoms with Crippen LogP contribution >= 0.6 is 0 Å². The lowest BCUT2D eigenvalue weighted by Crippen LogP contribution is -2.45. The fourth-order valence-corrected chi connectivity index (χ4v) is 2.73. The van der Waals surface area contributed by atoms with Crippen molar-refractivity contribution >= 4 is 12.2 Å². The maximum absolute atomic E-state index is 12.3. The van der Waals surface area contributed by atoms with Gasteiger partial charge < -0.3 is 9.64 Å². The summed E-state index contributed by atoms with van der Waals surface area (Å²) in [5.74, 6) is 0. The van der Waals surface area contributed by atoms with Crippen molar-refractivity contribution in [2.24, 2.45) is 0 Å². The molecule has 3 nitrogen and oxygen atoms in total. The largest absolute Gasteiger partial charge is 0.444 e. The number of carbonyl (C=O) groups excluding carboxylic acids is 1. The van der Waals surface area contributed by atoms with Crippen LogP contribution in [0.3, 0.4) is 0 Å². The van der Waals surface area contributed by atoms with Crippen molar-refractivity contribution in [3.8, 4) is 0 Å². The first-order chi connectivity index (χ1) is 10.5. The Balaban J connectivity index is 1.95. The molecule has 1 aromatic carbocycles. The van der Waals surface area contributed by atoms with E-state index >= 15 is 0 Å². The highest BCUT2D eigenvalue weighted by atomic mass is 16.6. The van der Waals surface area contributed by atoms with Crippen molar-refractivity contribution in [3.05, 3.63) is 42.0 Å². The van der Waals surface area contributed by atoms with Gasteiger partial charge in [0.05, 0.1) is 0 Å². The van der Waals surface area contributed by atoms with E-state index in [0.717, 1.165) is 25.8 Å². The summed E-state index contributed by atoms with van der Waals surface area (Å²) in [5, 5.41) is 0. The van der Waals surface area contributed by atoms with Crippen LogP contribution in [-0.4, -0.2) is 29.2 Å². The van der Waals surface area contributed by atoms with Gasteiger partial charge in [-0.1, -0.05) is 42.5 Å². The number of benzene rings is 1. The summed E-state index contributed by atoms with van der Waals surface area (Å²) >= 11 is 0. The van der Waals surface area contributed by atoms with E-state index < -0.39 is 5.60 Å². The molecule has 1 aliphatic heterocycles. The minimum Gasteiger partial charge on any atom is -0.444 e. The molecule has 0 aromatic heterocycles. The van der Waals surface area contributed by atoms with Crippen molar-refractivity contribution in [2.75, 3.05) is 6.54 Å². The third-order valence-corrected chi connectivity index (χ3v) is 3.77. The second-order valence-corrected chi connectivity index (χ2v) is 6.87. The normalized spacial score (nSPS) is 19.4. The number of hydrogen-bond acceptors (Lipinski definition) is 2. The van der Waals surface area contributed by atoms with Crippen LogP contribution in [0.5, 0.6) is 0 Å². The van der Waals surface area contributed by atoms with E-state index in [1.807, 2.05) is 43.9 Å². The topological polar surface area (TPSA) is 29.5 Å². The van der Waals surface area contributed by atoms with E-state index in [0.29, 0.717) is 0 Å². The van der Waals surface area contributed by atoms with Crippen molar-refractivity contribution in [3.63, 3.8) is 0 Å². The molecule has 0 aliphatic carbocycles. The lowest BCUT2D eigenvalue weighted by Gasteiger charge is -2.36. The number of amides is 1. The molecule has 0 spiro atoms. The highest BCUT2D eigenvalue weighted by molar-refractivity contribution is 5.68. The summed E-state index contributed by atoms with van der Waals surface area (Å²) < 4.78 is 5.53. The fraction of sp³-hybridized carbons (Fsp3) is 0.526. The van der Waals surface area contributed by atoms with Crippen LogP contribution in [0, 0.1) is 0 Å². The zero-order chi connectivity index (χ0) is 16.0. The molecule has 120 valence electrons. The van der Waals surface area contributed by atoms with Gasteiger partial charge in [0, 0.05) is 12.6 Å². The van der Waals surface area contributed by atoms with E-state index in [9.17, 15) is 4.79 Å². The molecule has 1 aliphatic rings. The molecule has 1 unspecified atom stereocenters. The Morgan fingerprint density at radius 1 is 1.27 bits per heavy atom. The number of hydrogen-bond donors (Lipinski definition) is 0. The number of ether oxygens (including phenoxy) is 1. The number of rotatable bonds is 3. The molecule has 0 radical (unpaired) electrons. The Morgan fingerprint density at radius 2 is 2.00 bits per heavy atom. The quantitative estimate of drug-likeness (QED) is 0.796. The number of nitrogens with zero attached hydrogens (tertiary/aromatic N) is 1. The molecule has 0 saturated carbocycles. The van der Waals surface area contributed by atoms with Crippen molar-refractivity contribution in [1.82, 2.24) is 4.90 Å².